The first-order valence-electron chi connectivity index (χ1n) is 9.06. The lowest BCUT2D eigenvalue weighted by molar-refractivity contribution is -0.133. The molecule has 0 aromatic heterocycles. The van der Waals surface area contributed by atoms with E-state index in [0.29, 0.717) is 5.92 Å². The number of hydrogen-bond donors (Lipinski definition) is 0. The number of carbonyl (C=O) groups is 1. The van der Waals surface area contributed by atoms with Crippen molar-refractivity contribution in [2.45, 2.75) is 65.7 Å². The zero-order chi connectivity index (χ0) is 18.5. The number of ether oxygens (including phenoxy) is 1. The molecule has 1 heterocycles. The fourth-order valence-corrected chi connectivity index (χ4v) is 3.44. The van der Waals surface area contributed by atoms with E-state index < -0.39 is 0 Å². The van der Waals surface area contributed by atoms with Crippen molar-refractivity contribution < 1.29 is 9.53 Å². The summed E-state index contributed by atoms with van der Waals surface area (Å²) in [5.41, 5.74) is 6.78. The highest BCUT2D eigenvalue weighted by molar-refractivity contribution is 5.90. The minimum atomic E-state index is -0.325. The van der Waals surface area contributed by atoms with Crippen LogP contribution in [0.5, 0.6) is 5.75 Å². The number of fused-ring (bicyclic) bond motifs is 1. The molecule has 2 heteroatoms. The van der Waals surface area contributed by atoms with Gasteiger partial charge in [-0.25, -0.2) is 0 Å². The SMILES string of the molecule is Cc1ccc(C2C(=O)Oc3c2cc(C(C)C)cc3C(C)(C)C)cc1C. The Labute approximate surface area is 151 Å². The average molecular weight is 336 g/mol. The zero-order valence-corrected chi connectivity index (χ0v) is 16.4. The van der Waals surface area contributed by atoms with Crippen molar-refractivity contribution in [1.82, 2.24) is 0 Å². The maximum atomic E-state index is 12.8. The molecule has 2 aromatic rings. The molecule has 0 saturated heterocycles. The summed E-state index contributed by atoms with van der Waals surface area (Å²) in [6, 6.07) is 10.6. The first-order chi connectivity index (χ1) is 11.6. The predicted octanol–water partition coefficient (Wildman–Crippen LogP) is 5.78. The van der Waals surface area contributed by atoms with Crippen LogP contribution in [0.3, 0.4) is 0 Å². The minimum absolute atomic E-state index is 0.0760. The van der Waals surface area contributed by atoms with E-state index in [9.17, 15) is 4.79 Å². The number of hydrogen-bond acceptors (Lipinski definition) is 2. The summed E-state index contributed by atoms with van der Waals surface area (Å²) in [5.74, 6) is 0.686. The quantitative estimate of drug-likeness (QED) is 0.513. The molecular formula is C23H28O2. The summed E-state index contributed by atoms with van der Waals surface area (Å²) in [5, 5.41) is 0. The van der Waals surface area contributed by atoms with Gasteiger partial charge >= 0.3 is 5.97 Å². The van der Waals surface area contributed by atoms with Crippen LogP contribution in [0.1, 0.15) is 79.8 Å². The van der Waals surface area contributed by atoms with Gasteiger partial charge in [-0.15, -0.1) is 0 Å². The average Bonchev–Trinajstić information content (AvgIpc) is 2.83. The van der Waals surface area contributed by atoms with Crippen LogP contribution in [0, 0.1) is 13.8 Å². The molecule has 1 aliphatic heterocycles. The van der Waals surface area contributed by atoms with Gasteiger partial charge in [-0.1, -0.05) is 65.0 Å². The Bertz CT molecular complexity index is 838. The molecule has 2 aromatic carbocycles. The Hall–Kier alpha value is -2.09. The van der Waals surface area contributed by atoms with Gasteiger partial charge in [-0.2, -0.15) is 0 Å². The smallest absolute Gasteiger partial charge is 0.323 e. The van der Waals surface area contributed by atoms with Crippen molar-refractivity contribution in [3.8, 4) is 5.75 Å². The second-order valence-corrected chi connectivity index (χ2v) is 8.59. The van der Waals surface area contributed by atoms with Crippen molar-refractivity contribution in [2.24, 2.45) is 0 Å². The van der Waals surface area contributed by atoms with Gasteiger partial charge in [0.25, 0.3) is 0 Å². The molecule has 0 radical (unpaired) electrons. The fourth-order valence-electron chi connectivity index (χ4n) is 3.44. The van der Waals surface area contributed by atoms with Crippen molar-refractivity contribution in [3.63, 3.8) is 0 Å². The van der Waals surface area contributed by atoms with E-state index in [1.54, 1.807) is 0 Å². The molecule has 2 nitrogen and oxygen atoms in total. The van der Waals surface area contributed by atoms with Crippen LogP contribution in [0.2, 0.25) is 0 Å². The Morgan fingerprint density at radius 3 is 2.24 bits per heavy atom. The number of aryl methyl sites for hydroxylation is 2. The molecule has 0 saturated carbocycles. The van der Waals surface area contributed by atoms with Crippen LogP contribution in [-0.4, -0.2) is 5.97 Å². The van der Waals surface area contributed by atoms with Crippen LogP contribution >= 0.6 is 0 Å². The zero-order valence-electron chi connectivity index (χ0n) is 16.4. The molecule has 0 bridgehead atoms. The highest BCUT2D eigenvalue weighted by Gasteiger charge is 2.38. The minimum Gasteiger partial charge on any atom is -0.425 e. The molecule has 1 aliphatic rings. The Kier molecular flexibility index (Phi) is 4.26. The number of carbonyl (C=O) groups excluding carboxylic acids is 1. The third-order valence-corrected chi connectivity index (χ3v) is 5.23. The van der Waals surface area contributed by atoms with E-state index in [0.717, 1.165) is 22.4 Å². The Morgan fingerprint density at radius 1 is 1.00 bits per heavy atom. The second kappa shape index (κ2) is 6.01. The van der Waals surface area contributed by atoms with E-state index in [4.69, 9.17) is 4.74 Å². The van der Waals surface area contributed by atoms with Gasteiger partial charge in [0, 0.05) is 11.1 Å². The van der Waals surface area contributed by atoms with Crippen molar-refractivity contribution in [1.29, 1.82) is 0 Å². The van der Waals surface area contributed by atoms with Gasteiger partial charge in [-0.05, 0) is 47.4 Å². The standard InChI is InChI=1S/C23H28O2/c1-13(2)17-11-18-20(16-9-8-14(3)15(4)10-16)22(24)25-21(18)19(12-17)23(5,6)7/h8-13,20H,1-7H3. The largest absolute Gasteiger partial charge is 0.425 e. The fraction of sp³-hybridized carbons (Fsp3) is 0.435. The Morgan fingerprint density at radius 2 is 1.68 bits per heavy atom. The van der Waals surface area contributed by atoms with Crippen LogP contribution in [-0.2, 0) is 10.2 Å². The van der Waals surface area contributed by atoms with Crippen LogP contribution in [0.25, 0.3) is 0 Å². The summed E-state index contributed by atoms with van der Waals surface area (Å²) >= 11 is 0. The van der Waals surface area contributed by atoms with E-state index >= 15 is 0 Å². The van der Waals surface area contributed by atoms with Gasteiger partial charge in [0.05, 0.1) is 0 Å². The van der Waals surface area contributed by atoms with E-state index in [2.05, 4.69) is 78.8 Å². The molecule has 1 atom stereocenters. The lowest BCUT2D eigenvalue weighted by Crippen LogP contribution is -2.14. The molecule has 0 fully saturated rings. The number of esters is 1. The number of benzene rings is 2. The van der Waals surface area contributed by atoms with Gasteiger partial charge in [0.2, 0.25) is 0 Å². The highest BCUT2D eigenvalue weighted by Crippen LogP contribution is 2.46. The normalized spacial score (nSPS) is 17.0. The molecule has 0 amide bonds. The third kappa shape index (κ3) is 3.10. The van der Waals surface area contributed by atoms with Crippen molar-refractivity contribution in [3.05, 3.63) is 63.7 Å². The maximum absolute atomic E-state index is 12.8. The van der Waals surface area contributed by atoms with Gasteiger partial charge in [-0.3, -0.25) is 4.79 Å². The monoisotopic (exact) mass is 336 g/mol. The first kappa shape index (κ1) is 17.7. The molecule has 0 aliphatic carbocycles. The summed E-state index contributed by atoms with van der Waals surface area (Å²) in [6.07, 6.45) is 0. The van der Waals surface area contributed by atoms with Crippen LogP contribution in [0.15, 0.2) is 30.3 Å². The summed E-state index contributed by atoms with van der Waals surface area (Å²) < 4.78 is 5.80. The van der Waals surface area contributed by atoms with Crippen molar-refractivity contribution in [2.75, 3.05) is 0 Å². The third-order valence-electron chi connectivity index (χ3n) is 5.23. The van der Waals surface area contributed by atoms with Crippen LogP contribution < -0.4 is 4.74 Å². The van der Waals surface area contributed by atoms with E-state index in [1.807, 2.05) is 0 Å². The topological polar surface area (TPSA) is 26.3 Å². The van der Waals surface area contributed by atoms with Gasteiger partial charge in [0.1, 0.15) is 11.7 Å². The highest BCUT2D eigenvalue weighted by atomic mass is 16.5. The molecular weight excluding hydrogens is 308 g/mol. The number of rotatable bonds is 2. The lowest BCUT2D eigenvalue weighted by atomic mass is 9.80. The lowest BCUT2D eigenvalue weighted by Gasteiger charge is -2.23. The molecule has 132 valence electrons. The second-order valence-electron chi connectivity index (χ2n) is 8.59. The first-order valence-corrected chi connectivity index (χ1v) is 9.06. The summed E-state index contributed by atoms with van der Waals surface area (Å²) in [6.45, 7) is 15.1. The molecule has 1 unspecified atom stereocenters. The molecule has 0 spiro atoms. The van der Waals surface area contributed by atoms with E-state index in [-0.39, 0.29) is 17.3 Å². The Balaban J connectivity index is 2.23. The summed E-state index contributed by atoms with van der Waals surface area (Å²) in [4.78, 5) is 12.8. The molecule has 3 rings (SSSR count). The van der Waals surface area contributed by atoms with Gasteiger partial charge < -0.3 is 4.74 Å². The van der Waals surface area contributed by atoms with Crippen molar-refractivity contribution >= 4 is 5.97 Å². The van der Waals surface area contributed by atoms with E-state index in [1.165, 1.54) is 16.7 Å². The van der Waals surface area contributed by atoms with Crippen LogP contribution in [0.4, 0.5) is 0 Å². The van der Waals surface area contributed by atoms with Gasteiger partial charge in [0.15, 0.2) is 0 Å². The molecule has 25 heavy (non-hydrogen) atoms. The predicted molar refractivity (Wildman–Crippen MR) is 103 cm³/mol. The maximum Gasteiger partial charge on any atom is 0.323 e. The summed E-state index contributed by atoms with van der Waals surface area (Å²) in [7, 11) is 0. The molecule has 0 N–H and O–H groups in total.